The number of hydrogen-bond donors (Lipinski definition) is 1. The lowest BCUT2D eigenvalue weighted by Crippen LogP contribution is -2.23. The van der Waals surface area contributed by atoms with Gasteiger partial charge in [0.1, 0.15) is 0 Å². The number of pyridine rings is 1. The molecule has 2 aromatic rings. The number of hydrogen-bond acceptors (Lipinski definition) is 3. The van der Waals surface area contributed by atoms with E-state index in [1.807, 2.05) is 17.8 Å². The predicted octanol–water partition coefficient (Wildman–Crippen LogP) is 2.86. The number of fused-ring (bicyclic) bond motifs is 1. The third-order valence-electron chi connectivity index (χ3n) is 3.87. The van der Waals surface area contributed by atoms with Crippen LogP contribution in [0.3, 0.4) is 0 Å². The molecule has 0 fully saturated rings. The van der Waals surface area contributed by atoms with E-state index in [1.54, 1.807) is 6.08 Å². The van der Waals surface area contributed by atoms with Crippen LogP contribution in [-0.4, -0.2) is 27.2 Å². The van der Waals surface area contributed by atoms with Gasteiger partial charge in [-0.3, -0.25) is 4.79 Å². The second kappa shape index (κ2) is 6.73. The third kappa shape index (κ3) is 3.18. The monoisotopic (exact) mass is 300 g/mol. The van der Waals surface area contributed by atoms with E-state index in [4.69, 9.17) is 4.98 Å². The maximum atomic E-state index is 11.8. The quantitative estimate of drug-likeness (QED) is 0.835. The van der Waals surface area contributed by atoms with Crippen molar-refractivity contribution < 1.29 is 4.79 Å². The molecule has 0 atom stereocenters. The van der Waals surface area contributed by atoms with E-state index >= 15 is 0 Å². The molecule has 0 radical (unpaired) electrons. The summed E-state index contributed by atoms with van der Waals surface area (Å²) in [7, 11) is 0. The maximum Gasteiger partial charge on any atom is 0.220 e. The molecule has 0 spiro atoms. The largest absolute Gasteiger partial charge is 0.353 e. The Morgan fingerprint density at radius 3 is 2.82 bits per heavy atom. The first-order valence-electron chi connectivity index (χ1n) is 7.66. The highest BCUT2D eigenvalue weighted by Crippen LogP contribution is 2.25. The topological polar surface area (TPSA) is 59.8 Å². The molecule has 5 heteroatoms. The minimum atomic E-state index is 0.0386. The van der Waals surface area contributed by atoms with Gasteiger partial charge in [0.05, 0.1) is 6.20 Å². The molecule has 0 saturated carbocycles. The molecule has 1 N–H and O–H groups in total. The van der Waals surface area contributed by atoms with Gasteiger partial charge >= 0.3 is 0 Å². The lowest BCUT2D eigenvalue weighted by molar-refractivity contribution is -0.120. The minimum Gasteiger partial charge on any atom is -0.353 e. The van der Waals surface area contributed by atoms with E-state index in [0.717, 1.165) is 22.3 Å². The smallest absolute Gasteiger partial charge is 0.220 e. The Balaban J connectivity index is 2.27. The normalized spacial score (nSPS) is 11.1. The van der Waals surface area contributed by atoms with Gasteiger partial charge < -0.3 is 5.32 Å². The van der Waals surface area contributed by atoms with Gasteiger partial charge in [0, 0.05) is 30.1 Å². The van der Waals surface area contributed by atoms with Crippen molar-refractivity contribution in [3.8, 4) is 0 Å². The molecule has 5 nitrogen and oxygen atoms in total. The highest BCUT2D eigenvalue weighted by molar-refractivity contribution is 5.81. The summed E-state index contributed by atoms with van der Waals surface area (Å²) in [6, 6.07) is 0.277. The van der Waals surface area contributed by atoms with Gasteiger partial charge in [-0.2, -0.15) is 5.10 Å². The zero-order chi connectivity index (χ0) is 16.3. The predicted molar refractivity (Wildman–Crippen MR) is 88.9 cm³/mol. The van der Waals surface area contributed by atoms with E-state index < -0.39 is 0 Å². The first-order chi connectivity index (χ1) is 10.5. The maximum absolute atomic E-state index is 11.8. The fraction of sp³-hybridized carbons (Fsp3) is 0.471. The van der Waals surface area contributed by atoms with Gasteiger partial charge in [-0.1, -0.05) is 6.08 Å². The number of carbonyl (C=O) groups is 1. The molecule has 0 aliphatic carbocycles. The number of rotatable bonds is 6. The first kappa shape index (κ1) is 16.2. The number of nitrogens with zero attached hydrogens (tertiary/aromatic N) is 3. The molecular weight excluding hydrogens is 276 g/mol. The zero-order valence-corrected chi connectivity index (χ0v) is 13.8. The summed E-state index contributed by atoms with van der Waals surface area (Å²) in [6.07, 6.45) is 4.71. The number of aromatic nitrogens is 3. The minimum absolute atomic E-state index is 0.0386. The van der Waals surface area contributed by atoms with E-state index in [0.29, 0.717) is 19.4 Å². The van der Waals surface area contributed by atoms with Crippen molar-refractivity contribution in [2.45, 2.75) is 46.6 Å². The van der Waals surface area contributed by atoms with Crippen LogP contribution in [0.25, 0.3) is 11.0 Å². The first-order valence-corrected chi connectivity index (χ1v) is 7.66. The Bertz CT molecular complexity index is 700. The Labute approximate surface area is 131 Å². The van der Waals surface area contributed by atoms with Gasteiger partial charge in [-0.15, -0.1) is 6.58 Å². The van der Waals surface area contributed by atoms with E-state index in [2.05, 4.69) is 37.8 Å². The van der Waals surface area contributed by atoms with Crippen molar-refractivity contribution in [3.63, 3.8) is 0 Å². The van der Waals surface area contributed by atoms with Gasteiger partial charge in [-0.05, 0) is 45.2 Å². The highest BCUT2D eigenvalue weighted by Gasteiger charge is 2.15. The average molecular weight is 300 g/mol. The van der Waals surface area contributed by atoms with E-state index in [-0.39, 0.29) is 11.9 Å². The van der Waals surface area contributed by atoms with Gasteiger partial charge in [0.2, 0.25) is 5.91 Å². The summed E-state index contributed by atoms with van der Waals surface area (Å²) in [5, 5.41) is 8.31. The molecule has 2 rings (SSSR count). The fourth-order valence-electron chi connectivity index (χ4n) is 2.65. The fourth-order valence-corrected chi connectivity index (χ4v) is 2.65. The number of carbonyl (C=O) groups excluding carboxylic acids is 1. The van der Waals surface area contributed by atoms with Crippen LogP contribution in [0.15, 0.2) is 18.9 Å². The molecule has 0 aliphatic heterocycles. The van der Waals surface area contributed by atoms with Crippen molar-refractivity contribution in [1.82, 2.24) is 20.1 Å². The molecule has 2 heterocycles. The SMILES string of the molecule is C=CCNC(=O)CCc1c(C)nc2c(cnn2C(C)C)c1C. The summed E-state index contributed by atoms with van der Waals surface area (Å²) in [4.78, 5) is 16.5. The highest BCUT2D eigenvalue weighted by atomic mass is 16.1. The van der Waals surface area contributed by atoms with Crippen molar-refractivity contribution in [2.75, 3.05) is 6.54 Å². The molecule has 0 saturated heterocycles. The Morgan fingerprint density at radius 2 is 2.18 bits per heavy atom. The van der Waals surface area contributed by atoms with Gasteiger partial charge in [0.15, 0.2) is 5.65 Å². The van der Waals surface area contributed by atoms with Crippen LogP contribution in [0.4, 0.5) is 0 Å². The van der Waals surface area contributed by atoms with Crippen LogP contribution in [0.2, 0.25) is 0 Å². The third-order valence-corrected chi connectivity index (χ3v) is 3.87. The van der Waals surface area contributed by atoms with E-state index in [9.17, 15) is 4.79 Å². The zero-order valence-electron chi connectivity index (χ0n) is 13.8. The van der Waals surface area contributed by atoms with Crippen LogP contribution in [0, 0.1) is 13.8 Å². The lowest BCUT2D eigenvalue weighted by atomic mass is 10.0. The Morgan fingerprint density at radius 1 is 1.45 bits per heavy atom. The Hall–Kier alpha value is -2.17. The standard InChI is InChI=1S/C17H24N4O/c1-6-9-18-16(22)8-7-14-12(4)15-10-19-21(11(2)3)17(15)20-13(14)5/h6,10-11H,1,7-9H2,2-5H3,(H,18,22). The summed E-state index contributed by atoms with van der Waals surface area (Å²) in [5.74, 6) is 0.0386. The molecule has 0 aliphatic rings. The lowest BCUT2D eigenvalue weighted by Gasteiger charge is -2.12. The van der Waals surface area contributed by atoms with Gasteiger partial charge in [0.25, 0.3) is 0 Å². The second-order valence-corrected chi connectivity index (χ2v) is 5.81. The summed E-state index contributed by atoms with van der Waals surface area (Å²) in [6.45, 7) is 12.4. The number of nitrogens with one attached hydrogen (secondary N) is 1. The van der Waals surface area contributed by atoms with Crippen LogP contribution < -0.4 is 5.32 Å². The number of aryl methyl sites for hydroxylation is 2. The summed E-state index contributed by atoms with van der Waals surface area (Å²) >= 11 is 0. The summed E-state index contributed by atoms with van der Waals surface area (Å²) < 4.78 is 1.94. The van der Waals surface area contributed by atoms with Crippen LogP contribution in [0.1, 0.15) is 43.1 Å². The van der Waals surface area contributed by atoms with Crippen molar-refractivity contribution in [1.29, 1.82) is 0 Å². The van der Waals surface area contributed by atoms with Crippen LogP contribution in [0.5, 0.6) is 0 Å². The molecule has 2 aromatic heterocycles. The van der Waals surface area contributed by atoms with Gasteiger partial charge in [-0.25, -0.2) is 9.67 Å². The average Bonchev–Trinajstić information content (AvgIpc) is 2.88. The molecule has 1 amide bonds. The summed E-state index contributed by atoms with van der Waals surface area (Å²) in [5.41, 5.74) is 4.21. The Kier molecular flexibility index (Phi) is 4.96. The molecule has 0 aromatic carbocycles. The number of amides is 1. The van der Waals surface area contributed by atoms with Crippen molar-refractivity contribution >= 4 is 16.9 Å². The molecule has 0 bridgehead atoms. The molecule has 22 heavy (non-hydrogen) atoms. The molecule has 0 unspecified atom stereocenters. The van der Waals surface area contributed by atoms with Crippen molar-refractivity contribution in [3.05, 3.63) is 35.7 Å². The van der Waals surface area contributed by atoms with Crippen LogP contribution >= 0.6 is 0 Å². The molecular formula is C17H24N4O. The molecule has 118 valence electrons. The second-order valence-electron chi connectivity index (χ2n) is 5.81. The van der Waals surface area contributed by atoms with E-state index in [1.165, 1.54) is 5.56 Å². The van der Waals surface area contributed by atoms with Crippen LogP contribution in [-0.2, 0) is 11.2 Å². The van der Waals surface area contributed by atoms with Crippen molar-refractivity contribution in [2.24, 2.45) is 0 Å².